The van der Waals surface area contributed by atoms with E-state index in [0.29, 0.717) is 12.1 Å². The van der Waals surface area contributed by atoms with E-state index in [1.54, 1.807) is 17.2 Å². The van der Waals surface area contributed by atoms with Gasteiger partial charge in [-0.25, -0.2) is 4.79 Å². The Morgan fingerprint density at radius 1 is 0.952 bits per heavy atom. The molecule has 2 rings (SSSR count). The van der Waals surface area contributed by atoms with Gasteiger partial charge in [0.05, 0.1) is 12.1 Å². The van der Waals surface area contributed by atoms with Crippen molar-refractivity contribution in [2.24, 2.45) is 0 Å². The largest absolute Gasteiger partial charge is 0.363 e. The van der Waals surface area contributed by atoms with Crippen LogP contribution in [0.2, 0.25) is 0 Å². The molecule has 0 aliphatic rings. The Morgan fingerprint density at radius 2 is 1.48 bits per heavy atom. The number of benzene rings is 2. The molecule has 0 radical (unpaired) electrons. The molecule has 0 saturated heterocycles. The number of nitrogens with zero attached hydrogens (tertiary/aromatic N) is 1. The predicted molar refractivity (Wildman–Crippen MR) is 83.6 cm³/mol. The van der Waals surface area contributed by atoms with E-state index in [0.717, 1.165) is 5.56 Å². The lowest BCUT2D eigenvalue weighted by molar-refractivity contribution is -0.170. The average molecular weight is 283 g/mol. The summed E-state index contributed by atoms with van der Waals surface area (Å²) in [6, 6.07) is 19.0. The molecule has 0 aliphatic heterocycles. The molecule has 3 nitrogen and oxygen atoms in total. The Kier molecular flexibility index (Phi) is 4.76. The van der Waals surface area contributed by atoms with Crippen molar-refractivity contribution in [3.8, 4) is 0 Å². The first kappa shape index (κ1) is 15.3. The van der Waals surface area contributed by atoms with Crippen LogP contribution in [-0.4, -0.2) is 16.6 Å². The van der Waals surface area contributed by atoms with E-state index in [1.165, 1.54) is 0 Å². The molecule has 0 amide bonds. The molecule has 0 spiro atoms. The van der Waals surface area contributed by atoms with Crippen molar-refractivity contribution >= 4 is 5.97 Å². The number of carbonyl (C=O) groups is 1. The van der Waals surface area contributed by atoms with Gasteiger partial charge < -0.3 is 4.84 Å². The molecule has 0 heterocycles. The molecule has 0 fully saturated rings. The predicted octanol–water partition coefficient (Wildman–Crippen LogP) is 4.06. The Morgan fingerprint density at radius 3 is 2.00 bits per heavy atom. The van der Waals surface area contributed by atoms with Gasteiger partial charge in [0, 0.05) is 5.54 Å². The van der Waals surface area contributed by atoms with Crippen LogP contribution in [0.4, 0.5) is 0 Å². The van der Waals surface area contributed by atoms with Crippen molar-refractivity contribution in [3.63, 3.8) is 0 Å². The Labute approximate surface area is 126 Å². The summed E-state index contributed by atoms with van der Waals surface area (Å²) in [4.78, 5) is 17.8. The van der Waals surface area contributed by atoms with Crippen molar-refractivity contribution in [2.45, 2.75) is 32.9 Å². The van der Waals surface area contributed by atoms with Crippen molar-refractivity contribution in [2.75, 3.05) is 0 Å². The van der Waals surface area contributed by atoms with Crippen molar-refractivity contribution in [3.05, 3.63) is 71.8 Å². The lowest BCUT2D eigenvalue weighted by Crippen LogP contribution is -2.42. The van der Waals surface area contributed by atoms with Gasteiger partial charge in [0.25, 0.3) is 0 Å². The number of hydrogen-bond acceptors (Lipinski definition) is 3. The molecule has 0 aliphatic carbocycles. The van der Waals surface area contributed by atoms with E-state index in [1.807, 2.05) is 69.3 Å². The van der Waals surface area contributed by atoms with E-state index >= 15 is 0 Å². The van der Waals surface area contributed by atoms with Gasteiger partial charge in [-0.3, -0.25) is 0 Å². The SMILES string of the molecule is CC(C)(C)N(Cc1ccccc1)OC(=O)c1ccccc1. The highest BCUT2D eigenvalue weighted by molar-refractivity contribution is 5.89. The fraction of sp³-hybridized carbons (Fsp3) is 0.278. The molecule has 0 N–H and O–H groups in total. The average Bonchev–Trinajstić information content (AvgIpc) is 2.47. The molecule has 0 saturated carbocycles. The third-order valence-corrected chi connectivity index (χ3v) is 3.12. The second-order valence-corrected chi connectivity index (χ2v) is 5.94. The van der Waals surface area contributed by atoms with Crippen LogP contribution in [0, 0.1) is 0 Å². The summed E-state index contributed by atoms with van der Waals surface area (Å²) in [6.45, 7) is 6.62. The van der Waals surface area contributed by atoms with Crippen LogP contribution in [0.5, 0.6) is 0 Å². The van der Waals surface area contributed by atoms with E-state index in [2.05, 4.69) is 0 Å². The summed E-state index contributed by atoms with van der Waals surface area (Å²) in [5.41, 5.74) is 1.38. The molecule has 2 aromatic carbocycles. The first-order valence-electron chi connectivity index (χ1n) is 7.06. The maximum atomic E-state index is 12.2. The van der Waals surface area contributed by atoms with Crippen LogP contribution in [0.3, 0.4) is 0 Å². The fourth-order valence-corrected chi connectivity index (χ4v) is 1.88. The molecule has 110 valence electrons. The minimum Gasteiger partial charge on any atom is -0.363 e. The number of hydroxylamine groups is 2. The Bertz CT molecular complexity index is 573. The lowest BCUT2D eigenvalue weighted by atomic mass is 10.1. The zero-order valence-electron chi connectivity index (χ0n) is 12.7. The second kappa shape index (κ2) is 6.55. The normalized spacial score (nSPS) is 11.4. The van der Waals surface area contributed by atoms with Gasteiger partial charge in [-0.15, -0.1) is 5.06 Å². The summed E-state index contributed by atoms with van der Waals surface area (Å²) in [6.07, 6.45) is 0. The summed E-state index contributed by atoms with van der Waals surface area (Å²) in [5, 5.41) is 1.72. The van der Waals surface area contributed by atoms with Crippen LogP contribution in [0.25, 0.3) is 0 Å². The molecular formula is C18H21NO2. The van der Waals surface area contributed by atoms with Gasteiger partial charge in [0.2, 0.25) is 0 Å². The van der Waals surface area contributed by atoms with E-state index in [-0.39, 0.29) is 11.5 Å². The van der Waals surface area contributed by atoms with Gasteiger partial charge in [-0.05, 0) is 38.5 Å². The summed E-state index contributed by atoms with van der Waals surface area (Å²) in [5.74, 6) is -0.332. The molecule has 0 unspecified atom stereocenters. The molecule has 0 aromatic heterocycles. The monoisotopic (exact) mass is 283 g/mol. The van der Waals surface area contributed by atoms with E-state index in [4.69, 9.17) is 4.84 Å². The van der Waals surface area contributed by atoms with Crippen molar-refractivity contribution in [1.82, 2.24) is 5.06 Å². The molecule has 0 atom stereocenters. The molecular weight excluding hydrogens is 262 g/mol. The fourth-order valence-electron chi connectivity index (χ4n) is 1.88. The number of hydrogen-bond donors (Lipinski definition) is 0. The highest BCUT2D eigenvalue weighted by Crippen LogP contribution is 2.19. The Hall–Kier alpha value is -2.13. The van der Waals surface area contributed by atoms with Crippen LogP contribution < -0.4 is 0 Å². The van der Waals surface area contributed by atoms with Crippen LogP contribution in [0.15, 0.2) is 60.7 Å². The van der Waals surface area contributed by atoms with Gasteiger partial charge in [0.15, 0.2) is 0 Å². The van der Waals surface area contributed by atoms with Crippen molar-refractivity contribution < 1.29 is 9.63 Å². The maximum absolute atomic E-state index is 12.2. The minimum atomic E-state index is -0.332. The van der Waals surface area contributed by atoms with Crippen LogP contribution in [0.1, 0.15) is 36.7 Å². The molecule has 2 aromatic rings. The quantitative estimate of drug-likeness (QED) is 0.792. The third kappa shape index (κ3) is 4.43. The molecule has 0 bridgehead atoms. The topological polar surface area (TPSA) is 29.5 Å². The van der Waals surface area contributed by atoms with Gasteiger partial charge in [0.1, 0.15) is 0 Å². The zero-order chi connectivity index (χ0) is 15.3. The Balaban J connectivity index is 2.12. The van der Waals surface area contributed by atoms with Gasteiger partial charge >= 0.3 is 5.97 Å². The third-order valence-electron chi connectivity index (χ3n) is 3.12. The minimum absolute atomic E-state index is 0.277. The lowest BCUT2D eigenvalue weighted by Gasteiger charge is -2.33. The summed E-state index contributed by atoms with van der Waals surface area (Å²) < 4.78 is 0. The highest BCUT2D eigenvalue weighted by atomic mass is 16.7. The standard InChI is InChI=1S/C18H21NO2/c1-18(2,3)19(14-15-10-6-4-7-11-15)21-17(20)16-12-8-5-9-13-16/h4-13H,14H2,1-3H3. The van der Waals surface area contributed by atoms with Crippen LogP contribution in [-0.2, 0) is 11.4 Å². The first-order chi connectivity index (χ1) is 9.97. The maximum Gasteiger partial charge on any atom is 0.357 e. The first-order valence-corrected chi connectivity index (χ1v) is 7.06. The number of rotatable bonds is 4. The second-order valence-electron chi connectivity index (χ2n) is 5.94. The van der Waals surface area contributed by atoms with Crippen molar-refractivity contribution in [1.29, 1.82) is 0 Å². The smallest absolute Gasteiger partial charge is 0.357 e. The van der Waals surface area contributed by atoms with E-state index < -0.39 is 0 Å². The van der Waals surface area contributed by atoms with Gasteiger partial charge in [-0.2, -0.15) is 0 Å². The number of carbonyl (C=O) groups excluding carboxylic acids is 1. The summed E-state index contributed by atoms with van der Waals surface area (Å²) >= 11 is 0. The summed E-state index contributed by atoms with van der Waals surface area (Å²) in [7, 11) is 0. The molecule has 21 heavy (non-hydrogen) atoms. The highest BCUT2D eigenvalue weighted by Gasteiger charge is 2.26. The van der Waals surface area contributed by atoms with E-state index in [9.17, 15) is 4.79 Å². The van der Waals surface area contributed by atoms with Crippen LogP contribution >= 0.6 is 0 Å². The molecule has 3 heteroatoms. The zero-order valence-corrected chi connectivity index (χ0v) is 12.7. The van der Waals surface area contributed by atoms with Gasteiger partial charge in [-0.1, -0.05) is 48.5 Å².